The third kappa shape index (κ3) is 2.81. The number of pyridine rings is 1. The number of aromatic nitrogens is 1. The summed E-state index contributed by atoms with van der Waals surface area (Å²) >= 11 is 0. The van der Waals surface area contributed by atoms with Gasteiger partial charge in [-0.3, -0.25) is 15.1 Å². The Morgan fingerprint density at radius 1 is 1.43 bits per heavy atom. The molecule has 7 heteroatoms. The minimum absolute atomic E-state index is 0.127. The van der Waals surface area contributed by atoms with Gasteiger partial charge in [-0.05, 0) is 25.1 Å². The van der Waals surface area contributed by atoms with Crippen molar-refractivity contribution in [3.05, 3.63) is 57.9 Å². The Hall–Kier alpha value is -2.96. The van der Waals surface area contributed by atoms with Crippen LogP contribution >= 0.6 is 0 Å². The highest BCUT2D eigenvalue weighted by Crippen LogP contribution is 2.33. The Labute approximate surface area is 120 Å². The van der Waals surface area contributed by atoms with Gasteiger partial charge >= 0.3 is 5.97 Å². The second-order valence-corrected chi connectivity index (χ2v) is 4.47. The average Bonchev–Trinajstić information content (AvgIpc) is 2.47. The molecule has 0 amide bonds. The van der Waals surface area contributed by atoms with Gasteiger partial charge in [-0.1, -0.05) is 0 Å². The molecule has 0 bridgehead atoms. The number of carboxylic acids is 1. The fourth-order valence-electron chi connectivity index (χ4n) is 2.04. The lowest BCUT2D eigenvalue weighted by Gasteiger charge is -2.21. The van der Waals surface area contributed by atoms with Gasteiger partial charge in [-0.15, -0.1) is 0 Å². The number of carbonyl (C=O) groups is 1. The van der Waals surface area contributed by atoms with Crippen LogP contribution in [-0.4, -0.2) is 28.0 Å². The highest BCUT2D eigenvalue weighted by atomic mass is 16.6. The SMILES string of the molecule is Cc1c(N(C)c2cccnc2)cc(C(=O)O)cc1[N+](=O)[O-]. The van der Waals surface area contributed by atoms with Crippen LogP contribution in [0.1, 0.15) is 15.9 Å². The van der Waals surface area contributed by atoms with Crippen molar-refractivity contribution in [2.24, 2.45) is 0 Å². The van der Waals surface area contributed by atoms with Gasteiger partial charge in [-0.2, -0.15) is 0 Å². The molecule has 21 heavy (non-hydrogen) atoms. The first-order chi connectivity index (χ1) is 9.91. The van der Waals surface area contributed by atoms with E-state index in [1.807, 2.05) is 0 Å². The monoisotopic (exact) mass is 287 g/mol. The largest absolute Gasteiger partial charge is 0.478 e. The van der Waals surface area contributed by atoms with E-state index in [4.69, 9.17) is 5.11 Å². The van der Waals surface area contributed by atoms with E-state index in [2.05, 4.69) is 4.98 Å². The van der Waals surface area contributed by atoms with Crippen molar-refractivity contribution in [3.8, 4) is 0 Å². The summed E-state index contributed by atoms with van der Waals surface area (Å²) in [6.07, 6.45) is 3.21. The predicted molar refractivity (Wildman–Crippen MR) is 77.1 cm³/mol. The Kier molecular flexibility index (Phi) is 3.84. The van der Waals surface area contributed by atoms with E-state index in [-0.39, 0.29) is 11.3 Å². The summed E-state index contributed by atoms with van der Waals surface area (Å²) in [7, 11) is 1.70. The van der Waals surface area contributed by atoms with Crippen LogP contribution in [0.3, 0.4) is 0 Å². The number of nitro groups is 1. The third-order valence-corrected chi connectivity index (χ3v) is 3.19. The number of carboxylic acid groups (broad SMARTS) is 1. The summed E-state index contributed by atoms with van der Waals surface area (Å²) in [4.78, 5) is 27.3. The predicted octanol–water partition coefficient (Wildman–Crippen LogP) is 2.76. The van der Waals surface area contributed by atoms with Crippen LogP contribution in [0, 0.1) is 17.0 Å². The van der Waals surface area contributed by atoms with Crippen molar-refractivity contribution in [1.82, 2.24) is 4.98 Å². The zero-order valence-corrected chi connectivity index (χ0v) is 11.5. The first kappa shape index (κ1) is 14.4. The highest BCUT2D eigenvalue weighted by Gasteiger charge is 2.21. The lowest BCUT2D eigenvalue weighted by atomic mass is 10.1. The molecule has 1 aromatic heterocycles. The molecule has 2 rings (SSSR count). The lowest BCUT2D eigenvalue weighted by Crippen LogP contribution is -2.13. The zero-order chi connectivity index (χ0) is 15.6. The molecule has 0 saturated heterocycles. The molecule has 0 radical (unpaired) electrons. The minimum Gasteiger partial charge on any atom is -0.478 e. The van der Waals surface area contributed by atoms with Crippen LogP contribution in [0.2, 0.25) is 0 Å². The zero-order valence-electron chi connectivity index (χ0n) is 11.5. The van der Waals surface area contributed by atoms with Gasteiger partial charge < -0.3 is 10.0 Å². The smallest absolute Gasteiger partial charge is 0.336 e. The topological polar surface area (TPSA) is 96.6 Å². The van der Waals surface area contributed by atoms with Crippen molar-refractivity contribution in [3.63, 3.8) is 0 Å². The second kappa shape index (κ2) is 5.58. The summed E-state index contributed by atoms with van der Waals surface area (Å²) in [6, 6.07) is 6.00. The van der Waals surface area contributed by atoms with Crippen LogP contribution in [0.15, 0.2) is 36.7 Å². The lowest BCUT2D eigenvalue weighted by molar-refractivity contribution is -0.385. The Morgan fingerprint density at radius 2 is 2.14 bits per heavy atom. The average molecular weight is 287 g/mol. The molecule has 108 valence electrons. The molecule has 0 unspecified atom stereocenters. The first-order valence-corrected chi connectivity index (χ1v) is 6.08. The minimum atomic E-state index is -1.21. The van der Waals surface area contributed by atoms with E-state index in [9.17, 15) is 14.9 Å². The Balaban J connectivity index is 2.62. The standard InChI is InChI=1S/C14H13N3O4/c1-9-12(16(2)11-4-3-5-15-8-11)6-10(14(18)19)7-13(9)17(20)21/h3-8H,1-2H3,(H,18,19). The molecule has 0 aliphatic carbocycles. The van der Waals surface area contributed by atoms with E-state index >= 15 is 0 Å². The van der Waals surface area contributed by atoms with Crippen molar-refractivity contribution in [1.29, 1.82) is 0 Å². The number of aromatic carboxylic acids is 1. The van der Waals surface area contributed by atoms with Crippen LogP contribution < -0.4 is 4.90 Å². The van der Waals surface area contributed by atoms with Gasteiger partial charge in [0.05, 0.1) is 33.6 Å². The summed E-state index contributed by atoms with van der Waals surface area (Å²) in [5.74, 6) is -1.21. The molecule has 7 nitrogen and oxygen atoms in total. The highest BCUT2D eigenvalue weighted by molar-refractivity contribution is 5.91. The van der Waals surface area contributed by atoms with Crippen molar-refractivity contribution in [2.75, 3.05) is 11.9 Å². The number of hydrogen-bond donors (Lipinski definition) is 1. The summed E-state index contributed by atoms with van der Waals surface area (Å²) in [5, 5.41) is 20.2. The maximum Gasteiger partial charge on any atom is 0.336 e. The molecule has 1 aromatic carbocycles. The maximum atomic E-state index is 11.1. The van der Waals surface area contributed by atoms with Crippen LogP contribution in [-0.2, 0) is 0 Å². The molecule has 0 atom stereocenters. The van der Waals surface area contributed by atoms with Crippen LogP contribution in [0.4, 0.5) is 17.1 Å². The number of nitro benzene ring substituents is 1. The second-order valence-electron chi connectivity index (χ2n) is 4.47. The number of hydrogen-bond acceptors (Lipinski definition) is 5. The molecule has 1 heterocycles. The molecule has 1 N–H and O–H groups in total. The summed E-state index contributed by atoms with van der Waals surface area (Å²) in [6.45, 7) is 1.59. The van der Waals surface area contributed by atoms with Crippen molar-refractivity contribution >= 4 is 23.0 Å². The summed E-state index contributed by atoms with van der Waals surface area (Å²) < 4.78 is 0. The van der Waals surface area contributed by atoms with Gasteiger partial charge in [0, 0.05) is 19.3 Å². The van der Waals surface area contributed by atoms with Gasteiger partial charge in [-0.25, -0.2) is 4.79 Å². The molecule has 0 fully saturated rings. The van der Waals surface area contributed by atoms with E-state index < -0.39 is 10.9 Å². The van der Waals surface area contributed by atoms with Crippen LogP contribution in [0.5, 0.6) is 0 Å². The molecule has 0 saturated carbocycles. The molecular formula is C14H13N3O4. The van der Waals surface area contributed by atoms with Gasteiger partial charge in [0.1, 0.15) is 0 Å². The fourth-order valence-corrected chi connectivity index (χ4v) is 2.04. The van der Waals surface area contributed by atoms with Gasteiger partial charge in [0.2, 0.25) is 0 Å². The molecule has 0 aliphatic heterocycles. The fraction of sp³-hybridized carbons (Fsp3) is 0.143. The molecule has 0 spiro atoms. The maximum absolute atomic E-state index is 11.1. The van der Waals surface area contributed by atoms with Crippen molar-refractivity contribution in [2.45, 2.75) is 6.92 Å². The Bertz CT molecular complexity index is 701. The van der Waals surface area contributed by atoms with E-state index in [1.165, 1.54) is 6.07 Å². The van der Waals surface area contributed by atoms with Crippen molar-refractivity contribution < 1.29 is 14.8 Å². The number of benzene rings is 1. The van der Waals surface area contributed by atoms with Gasteiger partial charge in [0.25, 0.3) is 5.69 Å². The first-order valence-electron chi connectivity index (χ1n) is 6.08. The normalized spacial score (nSPS) is 10.2. The quantitative estimate of drug-likeness (QED) is 0.686. The van der Waals surface area contributed by atoms with Gasteiger partial charge in [0.15, 0.2) is 0 Å². The number of anilines is 2. The number of rotatable bonds is 4. The van der Waals surface area contributed by atoms with Crippen LogP contribution in [0.25, 0.3) is 0 Å². The number of nitrogens with zero attached hydrogens (tertiary/aromatic N) is 3. The molecular weight excluding hydrogens is 274 g/mol. The Morgan fingerprint density at radius 3 is 2.67 bits per heavy atom. The van der Waals surface area contributed by atoms with E-state index in [0.717, 1.165) is 6.07 Å². The van der Waals surface area contributed by atoms with E-state index in [1.54, 1.807) is 43.4 Å². The van der Waals surface area contributed by atoms with E-state index in [0.29, 0.717) is 16.9 Å². The third-order valence-electron chi connectivity index (χ3n) is 3.19. The summed E-state index contributed by atoms with van der Waals surface area (Å²) in [5.41, 5.74) is 1.21. The molecule has 2 aromatic rings. The molecule has 0 aliphatic rings.